The summed E-state index contributed by atoms with van der Waals surface area (Å²) in [5.41, 5.74) is 2.44. The molecule has 7 nitrogen and oxygen atoms in total. The molecule has 0 aliphatic carbocycles. The summed E-state index contributed by atoms with van der Waals surface area (Å²) in [4.78, 5) is 23.9. The first-order valence-electron chi connectivity index (χ1n) is 7.89. The van der Waals surface area contributed by atoms with Gasteiger partial charge >= 0.3 is 0 Å². The number of methoxy groups -OCH3 is 3. The maximum atomic E-state index is 12.6. The van der Waals surface area contributed by atoms with Gasteiger partial charge in [0.25, 0.3) is 5.91 Å². The molecule has 0 atom stereocenters. The third-order valence-corrected chi connectivity index (χ3v) is 3.73. The zero-order valence-corrected chi connectivity index (χ0v) is 15.4. The van der Waals surface area contributed by atoms with Crippen LogP contribution in [0.3, 0.4) is 0 Å². The average Bonchev–Trinajstić information content (AvgIpc) is 2.62. The Balaban J connectivity index is 2.31. The maximum absolute atomic E-state index is 12.6. The molecule has 0 unspecified atom stereocenters. The summed E-state index contributed by atoms with van der Waals surface area (Å²) in [6.45, 7) is 3.30. The van der Waals surface area contributed by atoms with E-state index in [0.29, 0.717) is 34.2 Å². The minimum atomic E-state index is -0.345. The third kappa shape index (κ3) is 4.24. The summed E-state index contributed by atoms with van der Waals surface area (Å²) in [7, 11) is 4.47. The van der Waals surface area contributed by atoms with Crippen molar-refractivity contribution < 1.29 is 23.8 Å². The van der Waals surface area contributed by atoms with Crippen molar-refractivity contribution >= 4 is 23.2 Å². The summed E-state index contributed by atoms with van der Waals surface area (Å²) in [5, 5.41) is 5.53. The summed E-state index contributed by atoms with van der Waals surface area (Å²) in [6.07, 6.45) is 0. The van der Waals surface area contributed by atoms with Crippen LogP contribution in [0.25, 0.3) is 0 Å². The van der Waals surface area contributed by atoms with Gasteiger partial charge in [0, 0.05) is 23.9 Å². The van der Waals surface area contributed by atoms with Gasteiger partial charge in [-0.15, -0.1) is 0 Å². The number of rotatable bonds is 6. The molecule has 2 aromatic carbocycles. The molecule has 2 aromatic rings. The topological polar surface area (TPSA) is 85.9 Å². The van der Waals surface area contributed by atoms with Crippen LogP contribution in [0, 0.1) is 6.92 Å². The number of hydrogen-bond acceptors (Lipinski definition) is 5. The number of nitrogens with one attached hydrogen (secondary N) is 2. The molecule has 0 saturated carbocycles. The lowest BCUT2D eigenvalue weighted by Crippen LogP contribution is -2.13. The van der Waals surface area contributed by atoms with Gasteiger partial charge in [-0.05, 0) is 36.8 Å². The fourth-order valence-corrected chi connectivity index (χ4v) is 2.44. The monoisotopic (exact) mass is 358 g/mol. The second-order valence-electron chi connectivity index (χ2n) is 5.58. The number of carbonyl (C=O) groups excluding carboxylic acids is 2. The van der Waals surface area contributed by atoms with E-state index in [1.165, 1.54) is 28.3 Å². The molecule has 2 amide bonds. The second-order valence-corrected chi connectivity index (χ2v) is 5.58. The number of anilines is 2. The molecule has 26 heavy (non-hydrogen) atoms. The lowest BCUT2D eigenvalue weighted by molar-refractivity contribution is -0.114. The molecule has 138 valence electrons. The van der Waals surface area contributed by atoms with E-state index < -0.39 is 0 Å². The van der Waals surface area contributed by atoms with E-state index >= 15 is 0 Å². The molecule has 0 radical (unpaired) electrons. The third-order valence-electron chi connectivity index (χ3n) is 3.73. The van der Waals surface area contributed by atoms with Gasteiger partial charge in [-0.3, -0.25) is 9.59 Å². The Morgan fingerprint density at radius 3 is 2.00 bits per heavy atom. The van der Waals surface area contributed by atoms with E-state index in [2.05, 4.69) is 10.6 Å². The first-order chi connectivity index (χ1) is 12.4. The molecule has 2 N–H and O–H groups in total. The fraction of sp³-hybridized carbons (Fsp3) is 0.263. The number of aryl methyl sites for hydroxylation is 1. The zero-order chi connectivity index (χ0) is 19.3. The van der Waals surface area contributed by atoms with E-state index in [4.69, 9.17) is 14.2 Å². The fourth-order valence-electron chi connectivity index (χ4n) is 2.44. The van der Waals surface area contributed by atoms with Gasteiger partial charge in [-0.25, -0.2) is 0 Å². The van der Waals surface area contributed by atoms with Crippen molar-refractivity contribution in [1.29, 1.82) is 0 Å². The molecule has 0 fully saturated rings. The highest BCUT2D eigenvalue weighted by Crippen LogP contribution is 2.38. The molecule has 0 bridgehead atoms. The quantitative estimate of drug-likeness (QED) is 0.828. The van der Waals surface area contributed by atoms with Crippen LogP contribution in [0.4, 0.5) is 11.4 Å². The highest BCUT2D eigenvalue weighted by molar-refractivity contribution is 6.05. The van der Waals surface area contributed by atoms with Crippen molar-refractivity contribution in [2.24, 2.45) is 0 Å². The average molecular weight is 358 g/mol. The van der Waals surface area contributed by atoms with Gasteiger partial charge in [0.15, 0.2) is 11.5 Å². The smallest absolute Gasteiger partial charge is 0.255 e. The van der Waals surface area contributed by atoms with Gasteiger partial charge in [0.2, 0.25) is 11.7 Å². The van der Waals surface area contributed by atoms with Gasteiger partial charge in [0.05, 0.1) is 21.3 Å². The van der Waals surface area contributed by atoms with Crippen LogP contribution in [0.5, 0.6) is 17.2 Å². The van der Waals surface area contributed by atoms with Crippen molar-refractivity contribution in [2.75, 3.05) is 32.0 Å². The molecular formula is C19H22N2O5. The number of ether oxygens (including phenoxy) is 3. The minimum Gasteiger partial charge on any atom is -0.493 e. The first-order valence-corrected chi connectivity index (χ1v) is 7.89. The van der Waals surface area contributed by atoms with Crippen LogP contribution in [0.2, 0.25) is 0 Å². The molecule has 2 rings (SSSR count). The lowest BCUT2D eigenvalue weighted by Gasteiger charge is -2.14. The number of carbonyl (C=O) groups is 2. The highest BCUT2D eigenvalue weighted by atomic mass is 16.5. The Bertz CT molecular complexity index is 808. The lowest BCUT2D eigenvalue weighted by atomic mass is 10.1. The van der Waals surface area contributed by atoms with Crippen molar-refractivity contribution in [3.05, 3.63) is 41.5 Å². The number of benzene rings is 2. The Morgan fingerprint density at radius 2 is 1.50 bits per heavy atom. The second kappa shape index (κ2) is 8.24. The van der Waals surface area contributed by atoms with E-state index in [9.17, 15) is 9.59 Å². The SMILES string of the molecule is COc1cc(C(=O)Nc2ccc(C)c(NC(C)=O)c2)cc(OC)c1OC. The first kappa shape index (κ1) is 19.1. The van der Waals surface area contributed by atoms with Gasteiger partial charge in [-0.1, -0.05) is 6.07 Å². The Kier molecular flexibility index (Phi) is 6.06. The largest absolute Gasteiger partial charge is 0.493 e. The molecule has 0 aliphatic heterocycles. The van der Waals surface area contributed by atoms with Crippen molar-refractivity contribution in [3.8, 4) is 17.2 Å². The van der Waals surface area contributed by atoms with Crippen LogP contribution >= 0.6 is 0 Å². The Labute approximate surface area is 152 Å². The minimum absolute atomic E-state index is 0.179. The number of amides is 2. The van der Waals surface area contributed by atoms with Crippen molar-refractivity contribution in [3.63, 3.8) is 0 Å². The predicted molar refractivity (Wildman–Crippen MR) is 99.5 cm³/mol. The van der Waals surface area contributed by atoms with Crippen LogP contribution in [-0.4, -0.2) is 33.1 Å². The van der Waals surface area contributed by atoms with Crippen LogP contribution in [0.15, 0.2) is 30.3 Å². The zero-order valence-electron chi connectivity index (χ0n) is 15.4. The normalized spacial score (nSPS) is 10.0. The van der Waals surface area contributed by atoms with E-state index in [0.717, 1.165) is 5.56 Å². The van der Waals surface area contributed by atoms with Crippen LogP contribution in [-0.2, 0) is 4.79 Å². The van der Waals surface area contributed by atoms with Gasteiger partial charge in [0.1, 0.15) is 0 Å². The van der Waals surface area contributed by atoms with Crippen molar-refractivity contribution in [2.45, 2.75) is 13.8 Å². The van der Waals surface area contributed by atoms with Crippen LogP contribution in [0.1, 0.15) is 22.8 Å². The van der Waals surface area contributed by atoms with E-state index in [-0.39, 0.29) is 11.8 Å². The predicted octanol–water partition coefficient (Wildman–Crippen LogP) is 3.23. The van der Waals surface area contributed by atoms with E-state index in [1.807, 2.05) is 13.0 Å². The molecule has 0 saturated heterocycles. The molecule has 7 heteroatoms. The standard InChI is InChI=1S/C19H22N2O5/c1-11-6-7-14(10-15(11)20-12(2)22)21-19(23)13-8-16(24-3)18(26-5)17(9-13)25-4/h6-10H,1-5H3,(H,20,22)(H,21,23). The van der Waals surface area contributed by atoms with Crippen LogP contribution < -0.4 is 24.8 Å². The number of hydrogen-bond donors (Lipinski definition) is 2. The summed E-state index contributed by atoms with van der Waals surface area (Å²) >= 11 is 0. The van der Waals surface area contributed by atoms with Crippen molar-refractivity contribution in [1.82, 2.24) is 0 Å². The summed E-state index contributed by atoms with van der Waals surface area (Å²) in [5.74, 6) is 0.664. The Hall–Kier alpha value is -3.22. The molecule has 0 heterocycles. The molecule has 0 spiro atoms. The molecule has 0 aliphatic rings. The molecule has 0 aromatic heterocycles. The Morgan fingerprint density at radius 1 is 0.885 bits per heavy atom. The van der Waals surface area contributed by atoms with Gasteiger partial charge < -0.3 is 24.8 Å². The summed E-state index contributed by atoms with van der Waals surface area (Å²) < 4.78 is 15.8. The highest BCUT2D eigenvalue weighted by Gasteiger charge is 2.17. The maximum Gasteiger partial charge on any atom is 0.255 e. The summed E-state index contributed by atoms with van der Waals surface area (Å²) in [6, 6.07) is 8.42. The van der Waals surface area contributed by atoms with Gasteiger partial charge in [-0.2, -0.15) is 0 Å². The van der Waals surface area contributed by atoms with E-state index in [1.54, 1.807) is 24.3 Å². The molecular weight excluding hydrogens is 336 g/mol.